The van der Waals surface area contributed by atoms with Crippen LogP contribution in [0.1, 0.15) is 11.1 Å². The van der Waals surface area contributed by atoms with Crippen LogP contribution in [0.3, 0.4) is 0 Å². The third-order valence-electron chi connectivity index (χ3n) is 4.99. The number of hydrogen-bond acceptors (Lipinski definition) is 5. The van der Waals surface area contributed by atoms with Gasteiger partial charge < -0.3 is 4.74 Å². The van der Waals surface area contributed by atoms with E-state index < -0.39 is 0 Å². The van der Waals surface area contributed by atoms with Crippen molar-refractivity contribution in [3.05, 3.63) is 107 Å². The van der Waals surface area contributed by atoms with Crippen molar-refractivity contribution < 1.29 is 4.74 Å². The van der Waals surface area contributed by atoms with E-state index in [9.17, 15) is 0 Å². The molecular weight excluding hydrogens is 432 g/mol. The lowest BCUT2D eigenvalue weighted by Crippen LogP contribution is -1.96. The molecule has 7 nitrogen and oxygen atoms in total. The van der Waals surface area contributed by atoms with E-state index in [-0.39, 0.29) is 0 Å². The quantitative estimate of drug-likeness (QED) is 0.254. The molecule has 2 N–H and O–H groups in total. The summed E-state index contributed by atoms with van der Waals surface area (Å²) in [5, 5.41) is 19.0. The van der Waals surface area contributed by atoms with Gasteiger partial charge in [0.2, 0.25) is 10.6 Å². The summed E-state index contributed by atoms with van der Waals surface area (Å²) in [6, 6.07) is 29.6. The van der Waals surface area contributed by atoms with Gasteiger partial charge in [0.1, 0.15) is 18.1 Å². The third-order valence-corrected chi connectivity index (χ3v) is 5.25. The van der Waals surface area contributed by atoms with Crippen LogP contribution in [-0.2, 0) is 6.61 Å². The zero-order valence-electron chi connectivity index (χ0n) is 17.6. The van der Waals surface area contributed by atoms with Gasteiger partial charge in [-0.25, -0.2) is 5.10 Å². The molecule has 0 fully saturated rings. The first kappa shape index (κ1) is 20.6. The van der Waals surface area contributed by atoms with Gasteiger partial charge in [0, 0.05) is 5.56 Å². The van der Waals surface area contributed by atoms with Gasteiger partial charge in [-0.1, -0.05) is 60.7 Å². The van der Waals surface area contributed by atoms with E-state index in [2.05, 4.69) is 25.5 Å². The normalized spacial score (nSPS) is 11.2. The molecule has 2 heterocycles. The Balaban J connectivity index is 1.31. The second-order valence-corrected chi connectivity index (χ2v) is 7.67. The van der Waals surface area contributed by atoms with Crippen LogP contribution in [0, 0.1) is 4.77 Å². The number of nitrogens with one attached hydrogen (secondary N) is 2. The molecule has 0 saturated carbocycles. The monoisotopic (exact) mass is 452 g/mol. The van der Waals surface area contributed by atoms with Gasteiger partial charge in [0.15, 0.2) is 0 Å². The van der Waals surface area contributed by atoms with Crippen molar-refractivity contribution in [3.63, 3.8) is 0 Å². The van der Waals surface area contributed by atoms with E-state index >= 15 is 0 Å². The van der Waals surface area contributed by atoms with Crippen LogP contribution in [0.5, 0.6) is 5.75 Å². The zero-order valence-corrected chi connectivity index (χ0v) is 18.4. The largest absolute Gasteiger partial charge is 0.489 e. The molecule has 0 aliphatic rings. The molecule has 0 spiro atoms. The van der Waals surface area contributed by atoms with E-state index in [1.807, 2.05) is 91.0 Å². The molecule has 2 aromatic heterocycles. The molecule has 5 rings (SSSR count). The minimum Gasteiger partial charge on any atom is -0.489 e. The fraction of sp³-hybridized carbons (Fsp3) is 0.0400. The Morgan fingerprint density at radius 1 is 0.879 bits per heavy atom. The molecule has 0 amide bonds. The first-order chi connectivity index (χ1) is 16.3. The van der Waals surface area contributed by atoms with Crippen molar-refractivity contribution >= 4 is 18.4 Å². The van der Waals surface area contributed by atoms with Gasteiger partial charge >= 0.3 is 0 Å². The fourth-order valence-electron chi connectivity index (χ4n) is 3.28. The fourth-order valence-corrected chi connectivity index (χ4v) is 3.46. The Morgan fingerprint density at radius 2 is 1.61 bits per heavy atom. The summed E-state index contributed by atoms with van der Waals surface area (Å²) in [6.07, 6.45) is 1.73. The lowest BCUT2D eigenvalue weighted by atomic mass is 10.1. The van der Waals surface area contributed by atoms with Crippen molar-refractivity contribution in [3.8, 4) is 28.5 Å². The van der Waals surface area contributed by atoms with Crippen molar-refractivity contribution in [2.75, 3.05) is 0 Å². The van der Waals surface area contributed by atoms with Crippen LogP contribution in [0.15, 0.2) is 96.1 Å². The Morgan fingerprint density at radius 3 is 2.36 bits per heavy atom. The Hall–Kier alpha value is -4.30. The molecule has 0 aliphatic carbocycles. The topological polar surface area (TPSA) is 83.9 Å². The lowest BCUT2D eigenvalue weighted by Gasteiger charge is -2.06. The SMILES string of the molecule is S=c1[nH]nc(-c2cc(-c3ccccc3)n[nH]2)n1/N=C\c1ccc(OCc2ccccc2)cc1. The standard InChI is InChI=1S/C25H20N6OS/c33-25-30-29-24(23-15-22(27-28-23)20-9-5-2-6-10-20)31(25)26-16-18-11-13-21(14-12-18)32-17-19-7-3-1-4-8-19/h1-16H,17H2,(H,27,28)(H,30,33)/b26-16-. The van der Waals surface area contributed by atoms with Crippen LogP contribution in [0.4, 0.5) is 0 Å². The molecule has 0 unspecified atom stereocenters. The van der Waals surface area contributed by atoms with E-state index in [4.69, 9.17) is 17.0 Å². The van der Waals surface area contributed by atoms with Crippen LogP contribution in [0.25, 0.3) is 22.8 Å². The number of benzene rings is 3. The summed E-state index contributed by atoms with van der Waals surface area (Å²) >= 11 is 5.37. The summed E-state index contributed by atoms with van der Waals surface area (Å²) in [5.74, 6) is 1.34. The molecule has 0 aliphatic heterocycles. The van der Waals surface area contributed by atoms with Gasteiger partial charge in [-0.2, -0.15) is 20.0 Å². The maximum absolute atomic E-state index is 5.84. The van der Waals surface area contributed by atoms with E-state index in [1.54, 1.807) is 10.9 Å². The highest BCUT2D eigenvalue weighted by Gasteiger charge is 2.12. The van der Waals surface area contributed by atoms with Gasteiger partial charge in [-0.3, -0.25) is 5.10 Å². The second kappa shape index (κ2) is 9.46. The highest BCUT2D eigenvalue weighted by Crippen LogP contribution is 2.22. The van der Waals surface area contributed by atoms with Gasteiger partial charge in [0.05, 0.1) is 11.9 Å². The molecule has 0 atom stereocenters. The Labute approximate surface area is 195 Å². The van der Waals surface area contributed by atoms with Crippen LogP contribution < -0.4 is 4.74 Å². The first-order valence-corrected chi connectivity index (χ1v) is 10.8. The predicted molar refractivity (Wildman–Crippen MR) is 131 cm³/mol. The number of hydrogen-bond donors (Lipinski definition) is 2. The summed E-state index contributed by atoms with van der Waals surface area (Å²) in [6.45, 7) is 0.525. The number of ether oxygens (including phenoxy) is 1. The summed E-state index contributed by atoms with van der Waals surface area (Å²) < 4.78 is 7.80. The highest BCUT2D eigenvalue weighted by molar-refractivity contribution is 7.71. The number of nitrogens with zero attached hydrogens (tertiary/aromatic N) is 4. The van der Waals surface area contributed by atoms with Gasteiger partial charge in [0.25, 0.3) is 0 Å². The molecule has 3 aromatic carbocycles. The van der Waals surface area contributed by atoms with Gasteiger partial charge in [-0.15, -0.1) is 0 Å². The maximum Gasteiger partial charge on any atom is 0.216 e. The third kappa shape index (κ3) is 4.81. The summed E-state index contributed by atoms with van der Waals surface area (Å²) in [7, 11) is 0. The average Bonchev–Trinajstić information content (AvgIpc) is 3.50. The van der Waals surface area contributed by atoms with Crippen molar-refractivity contribution in [2.45, 2.75) is 6.61 Å². The first-order valence-electron chi connectivity index (χ1n) is 10.4. The van der Waals surface area contributed by atoms with Crippen LogP contribution >= 0.6 is 12.2 Å². The van der Waals surface area contributed by atoms with Gasteiger partial charge in [-0.05, 0) is 53.7 Å². The number of aromatic amines is 2. The number of aromatic nitrogens is 5. The van der Waals surface area contributed by atoms with Crippen LogP contribution in [0.2, 0.25) is 0 Å². The number of rotatable bonds is 7. The van der Waals surface area contributed by atoms with Crippen LogP contribution in [-0.4, -0.2) is 31.3 Å². The van der Waals surface area contributed by atoms with E-state index in [0.29, 0.717) is 22.9 Å². The van der Waals surface area contributed by atoms with E-state index in [0.717, 1.165) is 28.1 Å². The van der Waals surface area contributed by atoms with Crippen molar-refractivity contribution in [2.24, 2.45) is 5.10 Å². The predicted octanol–water partition coefficient (Wildman–Crippen LogP) is 5.46. The average molecular weight is 453 g/mol. The molecule has 0 saturated heterocycles. The molecule has 0 bridgehead atoms. The molecule has 5 aromatic rings. The number of H-pyrrole nitrogens is 2. The highest BCUT2D eigenvalue weighted by atomic mass is 32.1. The lowest BCUT2D eigenvalue weighted by molar-refractivity contribution is 0.306. The minimum absolute atomic E-state index is 0.389. The summed E-state index contributed by atoms with van der Waals surface area (Å²) in [4.78, 5) is 0. The smallest absolute Gasteiger partial charge is 0.216 e. The molecule has 162 valence electrons. The van der Waals surface area contributed by atoms with Crippen molar-refractivity contribution in [1.82, 2.24) is 25.1 Å². The molecule has 8 heteroatoms. The minimum atomic E-state index is 0.389. The molecule has 33 heavy (non-hydrogen) atoms. The maximum atomic E-state index is 5.84. The Kier molecular flexibility index (Phi) is 5.90. The zero-order chi connectivity index (χ0) is 22.5. The second-order valence-electron chi connectivity index (χ2n) is 7.28. The van der Waals surface area contributed by atoms with Crippen molar-refractivity contribution in [1.29, 1.82) is 0 Å². The van der Waals surface area contributed by atoms with E-state index in [1.165, 1.54) is 0 Å². The molecular formula is C25H20N6OS. The Bertz CT molecular complexity index is 1420. The summed E-state index contributed by atoms with van der Waals surface area (Å²) in [5.41, 5.74) is 4.58. The molecule has 0 radical (unpaired) electrons.